The van der Waals surface area contributed by atoms with Crippen LogP contribution in [-0.2, 0) is 11.3 Å². The third-order valence-electron chi connectivity index (χ3n) is 6.29. The largest absolute Gasteiger partial charge is 0.497 e. The van der Waals surface area contributed by atoms with Crippen molar-refractivity contribution in [1.82, 2.24) is 15.1 Å². The van der Waals surface area contributed by atoms with Gasteiger partial charge in [0.25, 0.3) is 0 Å². The minimum Gasteiger partial charge on any atom is -0.497 e. The molecule has 5 nitrogen and oxygen atoms in total. The Morgan fingerprint density at radius 2 is 2.00 bits per heavy atom. The molecule has 140 valence electrons. The van der Waals surface area contributed by atoms with E-state index < -0.39 is 0 Å². The SMILES string of the molecule is COc1ccc(-c2[nH]ncc2CN2CCC[C@]3(CCC[C@H]3OC)C2)cc1. The summed E-state index contributed by atoms with van der Waals surface area (Å²) >= 11 is 0. The van der Waals surface area contributed by atoms with Crippen LogP contribution < -0.4 is 4.74 Å². The maximum Gasteiger partial charge on any atom is 0.118 e. The van der Waals surface area contributed by atoms with Crippen molar-refractivity contribution in [1.29, 1.82) is 0 Å². The van der Waals surface area contributed by atoms with Gasteiger partial charge in [0, 0.05) is 36.7 Å². The molecular weight excluding hydrogens is 326 g/mol. The highest BCUT2D eigenvalue weighted by Crippen LogP contribution is 2.46. The fourth-order valence-electron chi connectivity index (χ4n) is 5.01. The molecule has 1 saturated heterocycles. The Hall–Kier alpha value is -1.85. The van der Waals surface area contributed by atoms with Gasteiger partial charge >= 0.3 is 0 Å². The van der Waals surface area contributed by atoms with Crippen LogP contribution in [0, 0.1) is 5.41 Å². The van der Waals surface area contributed by atoms with Gasteiger partial charge in [0.15, 0.2) is 0 Å². The number of H-pyrrole nitrogens is 1. The molecule has 1 aliphatic carbocycles. The number of nitrogens with one attached hydrogen (secondary N) is 1. The van der Waals surface area contributed by atoms with Crippen molar-refractivity contribution in [2.45, 2.75) is 44.8 Å². The molecule has 5 heteroatoms. The highest BCUT2D eigenvalue weighted by Gasteiger charge is 2.45. The molecule has 1 aromatic heterocycles. The van der Waals surface area contributed by atoms with Crippen LogP contribution in [0.2, 0.25) is 0 Å². The maximum absolute atomic E-state index is 5.85. The first kappa shape index (κ1) is 17.6. The fourth-order valence-corrected chi connectivity index (χ4v) is 5.01. The Kier molecular flexibility index (Phi) is 5.00. The van der Waals surface area contributed by atoms with Crippen LogP contribution >= 0.6 is 0 Å². The number of hydrogen-bond acceptors (Lipinski definition) is 4. The molecule has 2 atom stereocenters. The van der Waals surface area contributed by atoms with E-state index in [4.69, 9.17) is 9.47 Å². The lowest BCUT2D eigenvalue weighted by Crippen LogP contribution is -2.47. The first-order valence-electron chi connectivity index (χ1n) is 9.66. The minimum absolute atomic E-state index is 0.358. The van der Waals surface area contributed by atoms with E-state index in [1.807, 2.05) is 25.4 Å². The van der Waals surface area contributed by atoms with E-state index in [0.29, 0.717) is 11.5 Å². The van der Waals surface area contributed by atoms with Gasteiger partial charge in [-0.25, -0.2) is 0 Å². The molecule has 1 saturated carbocycles. The van der Waals surface area contributed by atoms with E-state index in [1.165, 1.54) is 37.7 Å². The molecule has 2 aliphatic rings. The van der Waals surface area contributed by atoms with Crippen molar-refractivity contribution >= 4 is 0 Å². The molecule has 26 heavy (non-hydrogen) atoms. The van der Waals surface area contributed by atoms with Gasteiger partial charge < -0.3 is 9.47 Å². The van der Waals surface area contributed by atoms with E-state index in [1.54, 1.807) is 7.11 Å². The summed E-state index contributed by atoms with van der Waals surface area (Å²) < 4.78 is 11.1. The molecule has 0 radical (unpaired) electrons. The van der Waals surface area contributed by atoms with Crippen LogP contribution in [-0.4, -0.2) is 48.5 Å². The van der Waals surface area contributed by atoms with Crippen molar-refractivity contribution in [3.8, 4) is 17.0 Å². The molecule has 1 aliphatic heterocycles. The molecule has 0 unspecified atom stereocenters. The van der Waals surface area contributed by atoms with Gasteiger partial charge in [-0.15, -0.1) is 0 Å². The van der Waals surface area contributed by atoms with Gasteiger partial charge in [0.2, 0.25) is 0 Å². The van der Waals surface area contributed by atoms with Crippen LogP contribution in [0.5, 0.6) is 5.75 Å². The van der Waals surface area contributed by atoms with Gasteiger partial charge in [0.1, 0.15) is 5.75 Å². The molecular formula is C21H29N3O2. The van der Waals surface area contributed by atoms with Crippen molar-refractivity contribution in [2.24, 2.45) is 5.41 Å². The Bertz CT molecular complexity index is 727. The number of methoxy groups -OCH3 is 2. The lowest BCUT2D eigenvalue weighted by atomic mass is 9.76. The highest BCUT2D eigenvalue weighted by molar-refractivity contribution is 5.63. The lowest BCUT2D eigenvalue weighted by Gasteiger charge is -2.43. The van der Waals surface area contributed by atoms with Gasteiger partial charge in [-0.05, 0) is 56.5 Å². The van der Waals surface area contributed by atoms with E-state index in [9.17, 15) is 0 Å². The van der Waals surface area contributed by atoms with Crippen LogP contribution in [0.1, 0.15) is 37.7 Å². The van der Waals surface area contributed by atoms with Crippen molar-refractivity contribution < 1.29 is 9.47 Å². The molecule has 2 aromatic rings. The first-order valence-corrected chi connectivity index (χ1v) is 9.66. The standard InChI is InChI=1S/C21H29N3O2/c1-25-18-8-6-16(7-9-18)20-17(13-22-23-20)14-24-12-4-11-21(15-24)10-3-5-19(21)26-2/h6-9,13,19H,3-5,10-12,14-15H2,1-2H3,(H,22,23)/t19-,21-/m1/s1. The number of hydrogen-bond donors (Lipinski definition) is 1. The fraction of sp³-hybridized carbons (Fsp3) is 0.571. The second-order valence-corrected chi connectivity index (χ2v) is 7.79. The number of rotatable bonds is 5. The summed E-state index contributed by atoms with van der Waals surface area (Å²) in [7, 11) is 3.58. The summed E-state index contributed by atoms with van der Waals surface area (Å²) in [6.45, 7) is 3.24. The normalized spacial score (nSPS) is 26.5. The Morgan fingerprint density at radius 3 is 2.77 bits per heavy atom. The van der Waals surface area contributed by atoms with Crippen LogP contribution in [0.15, 0.2) is 30.5 Å². The Labute approximate surface area is 155 Å². The van der Waals surface area contributed by atoms with Gasteiger partial charge in [0.05, 0.1) is 25.1 Å². The third-order valence-corrected chi connectivity index (χ3v) is 6.29. The molecule has 1 aromatic carbocycles. The van der Waals surface area contributed by atoms with E-state index >= 15 is 0 Å². The molecule has 1 N–H and O–H groups in total. The minimum atomic E-state index is 0.358. The van der Waals surface area contributed by atoms with Gasteiger partial charge in [-0.1, -0.05) is 6.42 Å². The zero-order valence-electron chi connectivity index (χ0n) is 15.8. The second-order valence-electron chi connectivity index (χ2n) is 7.79. The van der Waals surface area contributed by atoms with E-state index in [-0.39, 0.29) is 0 Å². The topological polar surface area (TPSA) is 50.4 Å². The number of ether oxygens (including phenoxy) is 2. The average Bonchev–Trinajstić information content (AvgIpc) is 3.29. The summed E-state index contributed by atoms with van der Waals surface area (Å²) in [5, 5.41) is 7.51. The number of benzene rings is 1. The number of nitrogens with zero attached hydrogens (tertiary/aromatic N) is 2. The quantitative estimate of drug-likeness (QED) is 0.885. The van der Waals surface area contributed by atoms with Crippen LogP contribution in [0.3, 0.4) is 0 Å². The summed E-state index contributed by atoms with van der Waals surface area (Å²) in [5.41, 5.74) is 3.89. The van der Waals surface area contributed by atoms with Gasteiger partial charge in [-0.2, -0.15) is 5.10 Å². The average molecular weight is 355 g/mol. The molecule has 1 spiro atoms. The zero-order valence-corrected chi connectivity index (χ0v) is 15.8. The monoisotopic (exact) mass is 355 g/mol. The lowest BCUT2D eigenvalue weighted by molar-refractivity contribution is -0.0366. The summed E-state index contributed by atoms with van der Waals surface area (Å²) in [5.74, 6) is 0.875. The summed E-state index contributed by atoms with van der Waals surface area (Å²) in [6.07, 6.45) is 8.79. The number of piperidine rings is 1. The smallest absolute Gasteiger partial charge is 0.118 e. The van der Waals surface area contributed by atoms with Gasteiger partial charge in [-0.3, -0.25) is 10.00 Å². The first-order chi connectivity index (χ1) is 12.7. The number of aromatic nitrogens is 2. The number of likely N-dealkylation sites (tertiary alicyclic amines) is 1. The van der Waals surface area contributed by atoms with Crippen molar-refractivity contribution in [2.75, 3.05) is 27.3 Å². The predicted molar refractivity (Wildman–Crippen MR) is 102 cm³/mol. The third kappa shape index (κ3) is 3.26. The van der Waals surface area contributed by atoms with Crippen LogP contribution in [0.25, 0.3) is 11.3 Å². The molecule has 0 bridgehead atoms. The molecule has 4 rings (SSSR count). The zero-order chi connectivity index (χ0) is 18.0. The van der Waals surface area contributed by atoms with E-state index in [2.05, 4.69) is 27.2 Å². The second kappa shape index (κ2) is 7.41. The van der Waals surface area contributed by atoms with Crippen molar-refractivity contribution in [3.05, 3.63) is 36.0 Å². The highest BCUT2D eigenvalue weighted by atomic mass is 16.5. The van der Waals surface area contributed by atoms with Crippen LogP contribution in [0.4, 0.5) is 0 Å². The predicted octanol–water partition coefficient (Wildman–Crippen LogP) is 3.87. The number of aromatic amines is 1. The van der Waals surface area contributed by atoms with E-state index in [0.717, 1.165) is 36.6 Å². The summed E-state index contributed by atoms with van der Waals surface area (Å²) in [4.78, 5) is 2.60. The Morgan fingerprint density at radius 1 is 1.19 bits per heavy atom. The molecule has 2 fully saturated rings. The summed E-state index contributed by atoms with van der Waals surface area (Å²) in [6, 6.07) is 8.17. The maximum atomic E-state index is 5.85. The Balaban J connectivity index is 1.50. The molecule has 0 amide bonds. The molecule has 2 heterocycles. The van der Waals surface area contributed by atoms with Crippen molar-refractivity contribution in [3.63, 3.8) is 0 Å².